The molecule has 2 aromatic rings. The summed E-state index contributed by atoms with van der Waals surface area (Å²) in [6.07, 6.45) is 0. The maximum Gasteiger partial charge on any atom is 0.107 e. The SMILES string of the molecule is OOCc1ccccc1.OOCc1ccccc1. The third-order valence-corrected chi connectivity index (χ3v) is 2.15. The topological polar surface area (TPSA) is 58.9 Å². The molecule has 0 aliphatic rings. The van der Waals surface area contributed by atoms with Crippen LogP contribution in [0.2, 0.25) is 0 Å². The zero-order chi connectivity index (χ0) is 13.1. The zero-order valence-electron chi connectivity index (χ0n) is 9.90. The first-order valence-corrected chi connectivity index (χ1v) is 5.47. The van der Waals surface area contributed by atoms with Gasteiger partial charge < -0.3 is 0 Å². The van der Waals surface area contributed by atoms with Gasteiger partial charge in [0.15, 0.2) is 0 Å². The van der Waals surface area contributed by atoms with E-state index in [1.165, 1.54) is 0 Å². The van der Waals surface area contributed by atoms with Gasteiger partial charge in [0.2, 0.25) is 0 Å². The highest BCUT2D eigenvalue weighted by Crippen LogP contribution is 1.98. The molecule has 0 fully saturated rings. The molecule has 0 saturated heterocycles. The van der Waals surface area contributed by atoms with Crippen molar-refractivity contribution in [2.45, 2.75) is 13.2 Å². The highest BCUT2D eigenvalue weighted by atomic mass is 17.1. The normalized spacial score (nSPS) is 9.44. The van der Waals surface area contributed by atoms with E-state index in [1.807, 2.05) is 60.7 Å². The Labute approximate surface area is 106 Å². The molecule has 0 atom stereocenters. The molecule has 96 valence electrons. The van der Waals surface area contributed by atoms with Crippen LogP contribution < -0.4 is 0 Å². The molecular weight excluding hydrogens is 232 g/mol. The van der Waals surface area contributed by atoms with Gasteiger partial charge in [0.25, 0.3) is 0 Å². The molecule has 4 heteroatoms. The number of rotatable bonds is 4. The lowest BCUT2D eigenvalue weighted by Gasteiger charge is -1.93. The Morgan fingerprint density at radius 3 is 1.22 bits per heavy atom. The van der Waals surface area contributed by atoms with Crippen LogP contribution >= 0.6 is 0 Å². The van der Waals surface area contributed by atoms with Gasteiger partial charge in [0.1, 0.15) is 13.2 Å². The van der Waals surface area contributed by atoms with Crippen molar-refractivity contribution in [3.63, 3.8) is 0 Å². The molecule has 2 aromatic carbocycles. The van der Waals surface area contributed by atoms with Gasteiger partial charge in [-0.25, -0.2) is 9.78 Å². The van der Waals surface area contributed by atoms with Crippen LogP contribution in [-0.4, -0.2) is 10.5 Å². The maximum absolute atomic E-state index is 8.02. The largest absolute Gasteiger partial charge is 0.251 e. The summed E-state index contributed by atoms with van der Waals surface area (Å²) in [6.45, 7) is 0.529. The maximum atomic E-state index is 8.02. The van der Waals surface area contributed by atoms with E-state index >= 15 is 0 Å². The lowest BCUT2D eigenvalue weighted by atomic mass is 10.2. The molecule has 18 heavy (non-hydrogen) atoms. The van der Waals surface area contributed by atoms with E-state index in [4.69, 9.17) is 10.5 Å². The lowest BCUT2D eigenvalue weighted by molar-refractivity contribution is -0.253. The zero-order valence-corrected chi connectivity index (χ0v) is 9.90. The third kappa shape index (κ3) is 6.12. The molecule has 0 bridgehead atoms. The van der Waals surface area contributed by atoms with Crippen molar-refractivity contribution in [3.8, 4) is 0 Å². The molecule has 0 amide bonds. The van der Waals surface area contributed by atoms with E-state index in [0.29, 0.717) is 0 Å². The van der Waals surface area contributed by atoms with Crippen LogP contribution in [0.25, 0.3) is 0 Å². The number of hydrogen-bond acceptors (Lipinski definition) is 4. The standard InChI is InChI=1S/2C7H8O2/c2*8-9-6-7-4-2-1-3-5-7/h2*1-5,8H,6H2. The molecule has 0 unspecified atom stereocenters. The lowest BCUT2D eigenvalue weighted by Crippen LogP contribution is -1.84. The molecule has 0 aliphatic carbocycles. The summed E-state index contributed by atoms with van der Waals surface area (Å²) in [4.78, 5) is 7.86. The van der Waals surface area contributed by atoms with Gasteiger partial charge in [-0.05, 0) is 11.1 Å². The Morgan fingerprint density at radius 1 is 0.611 bits per heavy atom. The molecule has 0 aliphatic heterocycles. The van der Waals surface area contributed by atoms with Gasteiger partial charge in [0, 0.05) is 0 Å². The van der Waals surface area contributed by atoms with Crippen LogP contribution in [0, 0.1) is 0 Å². The quantitative estimate of drug-likeness (QED) is 0.643. The van der Waals surface area contributed by atoms with E-state index in [1.54, 1.807) is 0 Å². The minimum atomic E-state index is 0.265. The van der Waals surface area contributed by atoms with Crippen LogP contribution in [-0.2, 0) is 23.0 Å². The monoisotopic (exact) mass is 248 g/mol. The summed E-state index contributed by atoms with van der Waals surface area (Å²) < 4.78 is 0. The Bertz CT molecular complexity index is 361. The Balaban J connectivity index is 0.000000180. The van der Waals surface area contributed by atoms with Gasteiger partial charge in [-0.15, -0.1) is 0 Å². The predicted octanol–water partition coefficient (Wildman–Crippen LogP) is 3.35. The second-order valence-corrected chi connectivity index (χ2v) is 3.52. The van der Waals surface area contributed by atoms with E-state index in [-0.39, 0.29) is 13.2 Å². The first-order chi connectivity index (χ1) is 8.86. The molecule has 0 spiro atoms. The van der Waals surface area contributed by atoms with E-state index < -0.39 is 0 Å². The van der Waals surface area contributed by atoms with Crippen LogP contribution in [0.3, 0.4) is 0 Å². The van der Waals surface area contributed by atoms with Crippen LogP contribution in [0.4, 0.5) is 0 Å². The van der Waals surface area contributed by atoms with Crippen molar-refractivity contribution in [1.29, 1.82) is 0 Å². The van der Waals surface area contributed by atoms with Crippen molar-refractivity contribution < 1.29 is 20.3 Å². The fourth-order valence-corrected chi connectivity index (χ4v) is 1.30. The third-order valence-electron chi connectivity index (χ3n) is 2.15. The van der Waals surface area contributed by atoms with E-state index in [9.17, 15) is 0 Å². The molecule has 0 aromatic heterocycles. The Kier molecular flexibility index (Phi) is 7.43. The molecule has 2 rings (SSSR count). The Hall–Kier alpha value is -1.72. The first kappa shape index (κ1) is 14.3. The van der Waals surface area contributed by atoms with Crippen molar-refractivity contribution in [2.24, 2.45) is 0 Å². The van der Waals surface area contributed by atoms with Crippen molar-refractivity contribution in [1.82, 2.24) is 0 Å². The Morgan fingerprint density at radius 2 is 0.944 bits per heavy atom. The fraction of sp³-hybridized carbons (Fsp3) is 0.143. The molecule has 2 N–H and O–H groups in total. The first-order valence-electron chi connectivity index (χ1n) is 5.47. The molecule has 4 nitrogen and oxygen atoms in total. The van der Waals surface area contributed by atoms with Crippen LogP contribution in [0.15, 0.2) is 60.7 Å². The second kappa shape index (κ2) is 9.32. The smallest absolute Gasteiger partial charge is 0.107 e. The molecular formula is C14H16O4. The summed E-state index contributed by atoms with van der Waals surface area (Å²) in [5.41, 5.74) is 1.94. The predicted molar refractivity (Wildman–Crippen MR) is 67.7 cm³/mol. The summed E-state index contributed by atoms with van der Waals surface area (Å²) in [6, 6.07) is 19.0. The summed E-state index contributed by atoms with van der Waals surface area (Å²) in [5, 5.41) is 16.0. The minimum absolute atomic E-state index is 0.265. The summed E-state index contributed by atoms with van der Waals surface area (Å²) in [7, 11) is 0. The average Bonchev–Trinajstić information content (AvgIpc) is 2.43. The van der Waals surface area contributed by atoms with E-state index in [2.05, 4.69) is 9.78 Å². The van der Waals surface area contributed by atoms with Crippen LogP contribution in [0.1, 0.15) is 11.1 Å². The van der Waals surface area contributed by atoms with Gasteiger partial charge in [-0.2, -0.15) is 0 Å². The fourth-order valence-electron chi connectivity index (χ4n) is 1.30. The van der Waals surface area contributed by atoms with Gasteiger partial charge in [-0.3, -0.25) is 10.5 Å². The van der Waals surface area contributed by atoms with Gasteiger partial charge in [-0.1, -0.05) is 60.7 Å². The highest BCUT2D eigenvalue weighted by molar-refractivity contribution is 5.13. The molecule has 0 saturated carbocycles. The summed E-state index contributed by atoms with van der Waals surface area (Å²) in [5.74, 6) is 0. The second-order valence-electron chi connectivity index (χ2n) is 3.52. The van der Waals surface area contributed by atoms with Crippen molar-refractivity contribution in [2.75, 3.05) is 0 Å². The average molecular weight is 248 g/mol. The van der Waals surface area contributed by atoms with Crippen LogP contribution in [0.5, 0.6) is 0 Å². The van der Waals surface area contributed by atoms with E-state index in [0.717, 1.165) is 11.1 Å². The van der Waals surface area contributed by atoms with Crippen molar-refractivity contribution in [3.05, 3.63) is 71.8 Å². The van der Waals surface area contributed by atoms with Crippen molar-refractivity contribution >= 4 is 0 Å². The summed E-state index contributed by atoms with van der Waals surface area (Å²) >= 11 is 0. The highest BCUT2D eigenvalue weighted by Gasteiger charge is 1.86. The number of benzene rings is 2. The minimum Gasteiger partial charge on any atom is -0.251 e. The molecule has 0 radical (unpaired) electrons. The van der Waals surface area contributed by atoms with Gasteiger partial charge >= 0.3 is 0 Å². The van der Waals surface area contributed by atoms with Gasteiger partial charge in [0.05, 0.1) is 0 Å². The number of hydrogen-bond donors (Lipinski definition) is 2. The molecule has 0 heterocycles.